The monoisotopic (exact) mass is 558 g/mol. The summed E-state index contributed by atoms with van der Waals surface area (Å²) in [7, 11) is 0. The molecule has 0 unspecified atom stereocenters. The van der Waals surface area contributed by atoms with E-state index in [1.807, 2.05) is 20.8 Å². The summed E-state index contributed by atoms with van der Waals surface area (Å²) in [6, 6.07) is 0. The van der Waals surface area contributed by atoms with Gasteiger partial charge < -0.3 is 28.8 Å². The molecule has 11 nitrogen and oxygen atoms in total. The molecule has 2 bridgehead atoms. The predicted octanol–water partition coefficient (Wildman–Crippen LogP) is 0.965. The molecule has 14 atom stereocenters. The van der Waals surface area contributed by atoms with E-state index < -0.39 is 87.2 Å². The fraction of sp³-hybridized carbons (Fsp3) is 0.862. The van der Waals surface area contributed by atoms with E-state index in [1.165, 1.54) is 0 Å². The number of aliphatic hydroxyl groups excluding tert-OH is 1. The van der Waals surface area contributed by atoms with Gasteiger partial charge in [0.15, 0.2) is 5.60 Å². The van der Waals surface area contributed by atoms with Crippen molar-refractivity contribution in [2.75, 3.05) is 6.61 Å². The molecule has 9 fully saturated rings. The van der Waals surface area contributed by atoms with E-state index in [9.17, 15) is 24.3 Å². The molecule has 0 aromatic heterocycles. The van der Waals surface area contributed by atoms with E-state index in [2.05, 4.69) is 0 Å². The van der Waals surface area contributed by atoms with Gasteiger partial charge in [-0.1, -0.05) is 20.8 Å². The number of fused-ring (bicyclic) bond motifs is 1. The van der Waals surface area contributed by atoms with Crippen LogP contribution in [0, 0.1) is 35.0 Å². The zero-order chi connectivity index (χ0) is 28.0. The molecule has 7 aliphatic heterocycles. The minimum Gasteiger partial charge on any atom is -0.456 e. The summed E-state index contributed by atoms with van der Waals surface area (Å²) in [5.74, 6) is -6.97. The van der Waals surface area contributed by atoms with Gasteiger partial charge in [-0.05, 0) is 26.2 Å². The smallest absolute Gasteiger partial charge is 0.311 e. The SMILES string of the molecule is C[C@@H]1C(=O)[C@@]2(C)CC[C@]34C[C@]56OC(=O)C[C@H]5O[C@@](C)(CO)[C@@H]6C[C@@H]5O[C@@]53C(=O)[C@@]3(O[C@@]5(C[C@H](C)C(=O)O5)[C@@H]1[C@H]32)O4. The first-order chi connectivity index (χ1) is 18.8. The third-order valence-corrected chi connectivity index (χ3v) is 12.8. The lowest BCUT2D eigenvalue weighted by Gasteiger charge is -2.41. The average molecular weight is 559 g/mol. The number of esters is 2. The Labute approximate surface area is 230 Å². The first-order valence-electron chi connectivity index (χ1n) is 14.7. The summed E-state index contributed by atoms with van der Waals surface area (Å²) in [6.45, 7) is 7.03. The summed E-state index contributed by atoms with van der Waals surface area (Å²) in [5, 5.41) is 10.4. The Morgan fingerprint density at radius 3 is 2.45 bits per heavy atom. The predicted molar refractivity (Wildman–Crippen MR) is 128 cm³/mol. The highest BCUT2D eigenvalue weighted by Crippen LogP contribution is 2.78. The summed E-state index contributed by atoms with van der Waals surface area (Å²) >= 11 is 0. The standard InChI is InChI=1S/C29H34O11/c1-12-9-27(38-21(12)33)18-13(2)20(32)23(3)5-6-25-10-26-14(24(4,11-30)35-15(26)8-17(31)37-26)7-16-28(25,36-16)22(34)29(39-25,40-27)19(18)23/h12-16,18-19,30H,5-11H2,1-4H3/t12-,13-,14-,15+,16-,18-,19-,23-,24-,25-,26+,27-,28+,29+/m0/s1. The molecule has 9 rings (SSSR count). The van der Waals surface area contributed by atoms with Gasteiger partial charge in [0, 0.05) is 41.9 Å². The number of epoxide rings is 1. The van der Waals surface area contributed by atoms with E-state index in [4.69, 9.17) is 28.4 Å². The molecule has 0 amide bonds. The molecular formula is C29H34O11. The molecule has 1 N–H and O–H groups in total. The van der Waals surface area contributed by atoms with Crippen LogP contribution >= 0.6 is 0 Å². The molecule has 40 heavy (non-hydrogen) atoms. The molecule has 5 spiro atoms. The van der Waals surface area contributed by atoms with Crippen LogP contribution in [-0.2, 0) is 47.6 Å². The molecule has 216 valence electrons. The Morgan fingerprint density at radius 1 is 0.975 bits per heavy atom. The van der Waals surface area contributed by atoms with Crippen molar-refractivity contribution >= 4 is 23.5 Å². The van der Waals surface area contributed by atoms with Crippen LogP contribution in [-0.4, -0.2) is 81.4 Å². The fourth-order valence-corrected chi connectivity index (χ4v) is 11.2. The summed E-state index contributed by atoms with van der Waals surface area (Å²) in [5.41, 5.74) is -5.65. The van der Waals surface area contributed by atoms with Gasteiger partial charge in [-0.15, -0.1) is 0 Å². The number of carbonyl (C=O) groups excluding carboxylic acids is 4. The van der Waals surface area contributed by atoms with Crippen LogP contribution in [0.5, 0.6) is 0 Å². The van der Waals surface area contributed by atoms with Gasteiger partial charge >= 0.3 is 11.9 Å². The van der Waals surface area contributed by atoms with Crippen LogP contribution in [0.3, 0.4) is 0 Å². The van der Waals surface area contributed by atoms with Crippen molar-refractivity contribution in [3.8, 4) is 0 Å². The quantitative estimate of drug-likeness (QED) is 0.363. The number of ether oxygens (including phenoxy) is 6. The van der Waals surface area contributed by atoms with Gasteiger partial charge in [0.2, 0.25) is 17.4 Å². The van der Waals surface area contributed by atoms with Gasteiger partial charge in [-0.3, -0.25) is 23.9 Å². The second-order valence-corrected chi connectivity index (χ2v) is 14.6. The van der Waals surface area contributed by atoms with Crippen LogP contribution in [0.25, 0.3) is 0 Å². The Bertz CT molecular complexity index is 1350. The Kier molecular flexibility index (Phi) is 4.02. The third-order valence-electron chi connectivity index (χ3n) is 12.8. The van der Waals surface area contributed by atoms with E-state index in [1.54, 1.807) is 6.92 Å². The number of carbonyl (C=O) groups is 4. The fourth-order valence-electron chi connectivity index (χ4n) is 11.2. The molecule has 0 aromatic rings. The number of Topliss-reactive ketones (excluding diaryl/α,β-unsaturated/α-hetero) is 2. The van der Waals surface area contributed by atoms with Crippen LogP contribution in [0.15, 0.2) is 0 Å². The van der Waals surface area contributed by atoms with Gasteiger partial charge in [0.1, 0.15) is 23.1 Å². The Balaban J connectivity index is 1.24. The lowest BCUT2D eigenvalue weighted by molar-refractivity contribution is -0.313. The lowest BCUT2D eigenvalue weighted by atomic mass is 9.62. The molecule has 7 saturated heterocycles. The normalized spacial score (nSPS) is 63.8. The van der Waals surface area contributed by atoms with E-state index in [0.29, 0.717) is 19.3 Å². The van der Waals surface area contributed by atoms with Crippen molar-refractivity contribution < 1.29 is 52.7 Å². The second kappa shape index (κ2) is 6.51. The minimum absolute atomic E-state index is 0.0229. The zero-order valence-corrected chi connectivity index (χ0v) is 23.0. The highest BCUT2D eigenvalue weighted by Gasteiger charge is 2.94. The average Bonchev–Trinajstić information content (AvgIpc) is 3.10. The number of rotatable bonds is 1. The van der Waals surface area contributed by atoms with Crippen molar-refractivity contribution in [1.82, 2.24) is 0 Å². The molecule has 7 heterocycles. The van der Waals surface area contributed by atoms with Gasteiger partial charge in [0.05, 0.1) is 30.7 Å². The van der Waals surface area contributed by atoms with Crippen LogP contribution < -0.4 is 0 Å². The molecule has 11 heteroatoms. The van der Waals surface area contributed by atoms with Gasteiger partial charge in [0.25, 0.3) is 0 Å². The van der Waals surface area contributed by atoms with Gasteiger partial charge in [-0.2, -0.15) is 0 Å². The maximum Gasteiger partial charge on any atom is 0.311 e. The van der Waals surface area contributed by atoms with E-state index in [-0.39, 0.29) is 43.4 Å². The molecular weight excluding hydrogens is 524 g/mol. The van der Waals surface area contributed by atoms with E-state index in [0.717, 1.165) is 0 Å². The second-order valence-electron chi connectivity index (χ2n) is 14.6. The Hall–Kier alpha value is -1.92. The van der Waals surface area contributed by atoms with Crippen molar-refractivity contribution in [3.05, 3.63) is 0 Å². The number of hydrogen-bond donors (Lipinski definition) is 1. The molecule has 0 radical (unpaired) electrons. The molecule has 0 aromatic carbocycles. The van der Waals surface area contributed by atoms with Crippen molar-refractivity contribution in [1.29, 1.82) is 0 Å². The van der Waals surface area contributed by atoms with Crippen molar-refractivity contribution in [2.45, 2.75) is 112 Å². The maximum absolute atomic E-state index is 15.0. The first-order valence-corrected chi connectivity index (χ1v) is 14.7. The number of hydrogen-bond acceptors (Lipinski definition) is 11. The molecule has 2 aliphatic carbocycles. The maximum atomic E-state index is 15.0. The van der Waals surface area contributed by atoms with Crippen molar-refractivity contribution in [3.63, 3.8) is 0 Å². The molecule has 9 aliphatic rings. The first kappa shape index (κ1) is 24.7. The highest BCUT2D eigenvalue weighted by atomic mass is 16.8. The lowest BCUT2D eigenvalue weighted by Crippen LogP contribution is -2.55. The van der Waals surface area contributed by atoms with Crippen LogP contribution in [0.1, 0.15) is 66.2 Å². The summed E-state index contributed by atoms with van der Waals surface area (Å²) in [4.78, 5) is 54.5. The topological polar surface area (TPSA) is 147 Å². The zero-order valence-electron chi connectivity index (χ0n) is 23.0. The number of aliphatic hydroxyl groups is 1. The number of ketones is 2. The minimum atomic E-state index is -1.84. The van der Waals surface area contributed by atoms with Crippen molar-refractivity contribution in [2.24, 2.45) is 35.0 Å². The summed E-state index contributed by atoms with van der Waals surface area (Å²) in [6.07, 6.45) is 0.334. The van der Waals surface area contributed by atoms with Crippen LogP contribution in [0.4, 0.5) is 0 Å². The third kappa shape index (κ3) is 2.20. The van der Waals surface area contributed by atoms with Crippen LogP contribution in [0.2, 0.25) is 0 Å². The van der Waals surface area contributed by atoms with Gasteiger partial charge in [-0.25, -0.2) is 0 Å². The largest absolute Gasteiger partial charge is 0.456 e. The Morgan fingerprint density at radius 2 is 1.75 bits per heavy atom. The highest BCUT2D eigenvalue weighted by molar-refractivity contribution is 6.03. The summed E-state index contributed by atoms with van der Waals surface area (Å²) < 4.78 is 38.7. The molecule has 2 saturated carbocycles. The van der Waals surface area contributed by atoms with E-state index >= 15 is 0 Å².